The summed E-state index contributed by atoms with van der Waals surface area (Å²) in [6, 6.07) is 2.29. The maximum atomic E-state index is 12.0. The van der Waals surface area contributed by atoms with Crippen LogP contribution in [0.3, 0.4) is 0 Å². The van der Waals surface area contributed by atoms with Gasteiger partial charge in [-0.15, -0.1) is 0 Å². The van der Waals surface area contributed by atoms with Gasteiger partial charge in [0.05, 0.1) is 0 Å². The van der Waals surface area contributed by atoms with E-state index in [0.29, 0.717) is 24.8 Å². The Morgan fingerprint density at radius 3 is 2.68 bits per heavy atom. The molecule has 3 N–H and O–H groups in total. The van der Waals surface area contributed by atoms with E-state index >= 15 is 0 Å². The van der Waals surface area contributed by atoms with Gasteiger partial charge in [-0.2, -0.15) is 11.3 Å². The molecule has 4 heteroatoms. The maximum absolute atomic E-state index is 12.0. The number of amides is 1. The minimum absolute atomic E-state index is 0.124. The van der Waals surface area contributed by atoms with Crippen molar-refractivity contribution in [2.45, 2.75) is 46.1 Å². The first-order valence-electron chi connectivity index (χ1n) is 7.01. The van der Waals surface area contributed by atoms with Gasteiger partial charge in [0.25, 0.3) is 0 Å². The summed E-state index contributed by atoms with van der Waals surface area (Å²) in [5, 5.41) is 7.26. The quantitative estimate of drug-likeness (QED) is 0.770. The van der Waals surface area contributed by atoms with Crippen molar-refractivity contribution in [3.63, 3.8) is 0 Å². The molecule has 2 atom stereocenters. The van der Waals surface area contributed by atoms with Crippen LogP contribution in [0.2, 0.25) is 0 Å². The number of rotatable bonds is 8. The molecule has 0 saturated carbocycles. The molecule has 0 aliphatic heterocycles. The second-order valence-corrected chi connectivity index (χ2v) is 6.52. The average molecular weight is 282 g/mol. The van der Waals surface area contributed by atoms with Crippen LogP contribution in [0.1, 0.15) is 39.2 Å². The highest BCUT2D eigenvalue weighted by atomic mass is 32.1. The third-order valence-corrected chi connectivity index (χ3v) is 3.87. The minimum Gasteiger partial charge on any atom is -0.353 e. The van der Waals surface area contributed by atoms with E-state index in [2.05, 4.69) is 42.9 Å². The molecule has 1 rings (SSSR count). The largest absolute Gasteiger partial charge is 0.353 e. The fourth-order valence-electron chi connectivity index (χ4n) is 2.34. The SMILES string of the molecule is CC(C)C[C@H](CN)CC(=O)NC(C)Cc1ccsc1. The van der Waals surface area contributed by atoms with Crippen LogP contribution in [0.25, 0.3) is 0 Å². The molecule has 0 aliphatic rings. The summed E-state index contributed by atoms with van der Waals surface area (Å²) >= 11 is 1.69. The second-order valence-electron chi connectivity index (χ2n) is 5.74. The molecule has 0 fully saturated rings. The van der Waals surface area contributed by atoms with Gasteiger partial charge in [0, 0.05) is 12.5 Å². The van der Waals surface area contributed by atoms with Crippen LogP contribution < -0.4 is 11.1 Å². The summed E-state index contributed by atoms with van der Waals surface area (Å²) in [4.78, 5) is 12.0. The lowest BCUT2D eigenvalue weighted by atomic mass is 9.94. The van der Waals surface area contributed by atoms with Crippen molar-refractivity contribution < 1.29 is 4.79 Å². The van der Waals surface area contributed by atoms with Crippen molar-refractivity contribution in [3.8, 4) is 0 Å². The lowest BCUT2D eigenvalue weighted by Gasteiger charge is -2.19. The van der Waals surface area contributed by atoms with Gasteiger partial charge >= 0.3 is 0 Å². The molecule has 0 spiro atoms. The minimum atomic E-state index is 0.124. The molecule has 1 aromatic rings. The zero-order valence-electron chi connectivity index (χ0n) is 12.2. The molecule has 0 radical (unpaired) electrons. The van der Waals surface area contributed by atoms with Crippen LogP contribution in [-0.4, -0.2) is 18.5 Å². The number of nitrogens with one attached hydrogen (secondary N) is 1. The predicted molar refractivity (Wildman–Crippen MR) is 82.2 cm³/mol. The van der Waals surface area contributed by atoms with E-state index in [4.69, 9.17) is 5.73 Å². The van der Waals surface area contributed by atoms with Crippen LogP contribution in [0.15, 0.2) is 16.8 Å². The predicted octanol–water partition coefficient (Wildman–Crippen LogP) is 2.81. The van der Waals surface area contributed by atoms with Gasteiger partial charge in [-0.1, -0.05) is 13.8 Å². The van der Waals surface area contributed by atoms with Crippen LogP contribution >= 0.6 is 11.3 Å². The molecule has 1 heterocycles. The lowest BCUT2D eigenvalue weighted by Crippen LogP contribution is -2.36. The first-order valence-corrected chi connectivity index (χ1v) is 7.96. The number of thiophene rings is 1. The molecule has 108 valence electrons. The van der Waals surface area contributed by atoms with Crippen molar-refractivity contribution >= 4 is 17.2 Å². The summed E-state index contributed by atoms with van der Waals surface area (Å²) in [5.74, 6) is 1.01. The molecule has 19 heavy (non-hydrogen) atoms. The topological polar surface area (TPSA) is 55.1 Å². The normalized spacial score (nSPS) is 14.4. The summed E-state index contributed by atoms with van der Waals surface area (Å²) in [5.41, 5.74) is 7.02. The van der Waals surface area contributed by atoms with Gasteiger partial charge in [0.15, 0.2) is 0 Å². The van der Waals surface area contributed by atoms with Gasteiger partial charge in [0.2, 0.25) is 5.91 Å². The van der Waals surface area contributed by atoms with Crippen LogP contribution in [0.5, 0.6) is 0 Å². The number of carbonyl (C=O) groups excluding carboxylic acids is 1. The number of nitrogens with two attached hydrogens (primary N) is 1. The standard InChI is InChI=1S/C15H26N2OS/c1-11(2)6-14(9-16)8-15(18)17-12(3)7-13-4-5-19-10-13/h4-5,10-12,14H,6-9,16H2,1-3H3,(H,17,18)/t12?,14-/m0/s1. The van der Waals surface area contributed by atoms with E-state index in [0.717, 1.165) is 12.8 Å². The van der Waals surface area contributed by atoms with Gasteiger partial charge in [-0.25, -0.2) is 0 Å². The Bertz CT molecular complexity index is 362. The van der Waals surface area contributed by atoms with Crippen LogP contribution in [0, 0.1) is 11.8 Å². The van der Waals surface area contributed by atoms with E-state index in [1.54, 1.807) is 11.3 Å². The molecule has 0 bridgehead atoms. The Labute approximate surface area is 120 Å². The Kier molecular flexibility index (Phi) is 7.10. The van der Waals surface area contributed by atoms with E-state index in [1.165, 1.54) is 5.56 Å². The Hall–Kier alpha value is -0.870. The number of carbonyl (C=O) groups is 1. The van der Waals surface area contributed by atoms with E-state index in [-0.39, 0.29) is 11.9 Å². The highest BCUT2D eigenvalue weighted by Gasteiger charge is 2.15. The highest BCUT2D eigenvalue weighted by molar-refractivity contribution is 7.07. The Balaban J connectivity index is 2.33. The van der Waals surface area contributed by atoms with E-state index in [9.17, 15) is 4.79 Å². The maximum Gasteiger partial charge on any atom is 0.220 e. The fraction of sp³-hybridized carbons (Fsp3) is 0.667. The smallest absolute Gasteiger partial charge is 0.220 e. The highest BCUT2D eigenvalue weighted by Crippen LogP contribution is 2.14. The second kappa shape index (κ2) is 8.33. The van der Waals surface area contributed by atoms with Crippen molar-refractivity contribution in [2.24, 2.45) is 17.6 Å². The zero-order valence-corrected chi connectivity index (χ0v) is 13.0. The fourth-order valence-corrected chi connectivity index (χ4v) is 3.02. The summed E-state index contributed by atoms with van der Waals surface area (Å²) in [6.45, 7) is 6.97. The first-order chi connectivity index (χ1) is 9.01. The van der Waals surface area contributed by atoms with Gasteiger partial charge in [0.1, 0.15) is 0 Å². The molecule has 3 nitrogen and oxygen atoms in total. The first kappa shape index (κ1) is 16.2. The van der Waals surface area contributed by atoms with Crippen LogP contribution in [0.4, 0.5) is 0 Å². The molecule has 0 saturated heterocycles. The molecule has 0 aromatic carbocycles. The third kappa shape index (κ3) is 6.73. The average Bonchev–Trinajstić information content (AvgIpc) is 2.79. The van der Waals surface area contributed by atoms with Crippen molar-refractivity contribution in [1.82, 2.24) is 5.32 Å². The molecular weight excluding hydrogens is 256 g/mol. The van der Waals surface area contributed by atoms with Crippen molar-refractivity contribution in [1.29, 1.82) is 0 Å². The van der Waals surface area contributed by atoms with Gasteiger partial charge < -0.3 is 11.1 Å². The van der Waals surface area contributed by atoms with Gasteiger partial charge in [-0.05, 0) is 60.5 Å². The lowest BCUT2D eigenvalue weighted by molar-refractivity contribution is -0.122. The van der Waals surface area contributed by atoms with Crippen molar-refractivity contribution in [3.05, 3.63) is 22.4 Å². The molecule has 1 aromatic heterocycles. The third-order valence-electron chi connectivity index (χ3n) is 3.14. The molecular formula is C15H26N2OS. The Morgan fingerprint density at radius 1 is 1.42 bits per heavy atom. The monoisotopic (exact) mass is 282 g/mol. The van der Waals surface area contributed by atoms with E-state index < -0.39 is 0 Å². The number of hydrogen-bond acceptors (Lipinski definition) is 3. The Morgan fingerprint density at radius 2 is 2.16 bits per heavy atom. The molecule has 1 unspecified atom stereocenters. The van der Waals surface area contributed by atoms with E-state index in [1.807, 2.05) is 0 Å². The summed E-state index contributed by atoms with van der Waals surface area (Å²) in [6.07, 6.45) is 2.46. The molecule has 0 aliphatic carbocycles. The van der Waals surface area contributed by atoms with Crippen molar-refractivity contribution in [2.75, 3.05) is 6.54 Å². The molecule has 1 amide bonds. The zero-order chi connectivity index (χ0) is 14.3. The summed E-state index contributed by atoms with van der Waals surface area (Å²) in [7, 11) is 0. The summed E-state index contributed by atoms with van der Waals surface area (Å²) < 4.78 is 0. The van der Waals surface area contributed by atoms with Crippen LogP contribution in [-0.2, 0) is 11.2 Å². The number of hydrogen-bond donors (Lipinski definition) is 2. The van der Waals surface area contributed by atoms with Gasteiger partial charge in [-0.3, -0.25) is 4.79 Å².